The zero-order chi connectivity index (χ0) is 21.2. The molecule has 0 aliphatic rings. The molecular formula is C24H29N2O4+. The van der Waals surface area contributed by atoms with Crippen LogP contribution in [-0.2, 0) is 24.4 Å². The van der Waals surface area contributed by atoms with E-state index < -0.39 is 0 Å². The van der Waals surface area contributed by atoms with Gasteiger partial charge in [0.15, 0.2) is 11.5 Å². The predicted molar refractivity (Wildman–Crippen MR) is 114 cm³/mol. The van der Waals surface area contributed by atoms with Crippen molar-refractivity contribution >= 4 is 5.91 Å². The fourth-order valence-electron chi connectivity index (χ4n) is 3.34. The third kappa shape index (κ3) is 6.47. The standard InChI is InChI=1S/C24H28N2O4/c1-28-14-13-25-24(27)23-12-11-22(30-23)18-26(16-19-7-4-3-5-8-19)17-20-9-6-10-21(15-20)29-2/h3-12,15H,13-14,16-18H2,1-2H3,(H,25,27)/p+1. The van der Waals surface area contributed by atoms with Gasteiger partial charge in [0, 0.05) is 24.8 Å². The van der Waals surface area contributed by atoms with Crippen LogP contribution in [-0.4, -0.2) is 33.3 Å². The number of ether oxygens (including phenoxy) is 2. The van der Waals surface area contributed by atoms with E-state index >= 15 is 0 Å². The number of amides is 1. The minimum atomic E-state index is -0.226. The maximum Gasteiger partial charge on any atom is 0.287 e. The van der Waals surface area contributed by atoms with Gasteiger partial charge in [0.25, 0.3) is 5.91 Å². The van der Waals surface area contributed by atoms with Crippen molar-refractivity contribution in [1.82, 2.24) is 5.32 Å². The van der Waals surface area contributed by atoms with Crippen molar-refractivity contribution in [3.05, 3.63) is 89.4 Å². The van der Waals surface area contributed by atoms with E-state index in [1.54, 1.807) is 20.3 Å². The lowest BCUT2D eigenvalue weighted by molar-refractivity contribution is -0.942. The number of rotatable bonds is 11. The fourth-order valence-corrected chi connectivity index (χ4v) is 3.34. The monoisotopic (exact) mass is 409 g/mol. The zero-order valence-corrected chi connectivity index (χ0v) is 17.5. The van der Waals surface area contributed by atoms with Crippen LogP contribution in [0, 0.1) is 0 Å². The summed E-state index contributed by atoms with van der Waals surface area (Å²) in [5, 5.41) is 2.78. The molecule has 3 rings (SSSR count). The molecular weight excluding hydrogens is 380 g/mol. The molecule has 0 aliphatic heterocycles. The summed E-state index contributed by atoms with van der Waals surface area (Å²) in [6.45, 7) is 3.23. The molecule has 1 heterocycles. The van der Waals surface area contributed by atoms with E-state index in [0.29, 0.717) is 25.5 Å². The van der Waals surface area contributed by atoms with Gasteiger partial charge in [-0.15, -0.1) is 0 Å². The topological polar surface area (TPSA) is 65.1 Å². The number of carbonyl (C=O) groups is 1. The Morgan fingerprint density at radius 2 is 1.70 bits per heavy atom. The van der Waals surface area contributed by atoms with E-state index in [-0.39, 0.29) is 5.91 Å². The summed E-state index contributed by atoms with van der Waals surface area (Å²) in [6.07, 6.45) is 0. The lowest BCUT2D eigenvalue weighted by atomic mass is 10.1. The van der Waals surface area contributed by atoms with Crippen molar-refractivity contribution in [1.29, 1.82) is 0 Å². The third-order valence-corrected chi connectivity index (χ3v) is 4.79. The molecule has 0 radical (unpaired) electrons. The van der Waals surface area contributed by atoms with Crippen LogP contribution >= 0.6 is 0 Å². The molecule has 6 heteroatoms. The van der Waals surface area contributed by atoms with Gasteiger partial charge in [-0.25, -0.2) is 0 Å². The van der Waals surface area contributed by atoms with E-state index in [0.717, 1.165) is 24.6 Å². The first kappa shape index (κ1) is 21.6. The van der Waals surface area contributed by atoms with Crippen molar-refractivity contribution < 1.29 is 23.6 Å². The Kier molecular flexibility index (Phi) is 8.06. The Labute approximate surface area is 177 Å². The summed E-state index contributed by atoms with van der Waals surface area (Å²) in [5.41, 5.74) is 2.43. The van der Waals surface area contributed by atoms with E-state index in [1.165, 1.54) is 16.0 Å². The molecule has 1 atom stereocenters. The largest absolute Gasteiger partial charge is 0.497 e. The fraction of sp³-hybridized carbons (Fsp3) is 0.292. The van der Waals surface area contributed by atoms with Crippen molar-refractivity contribution in [3.8, 4) is 5.75 Å². The van der Waals surface area contributed by atoms with Crippen LogP contribution in [0.4, 0.5) is 0 Å². The van der Waals surface area contributed by atoms with Gasteiger partial charge in [-0.2, -0.15) is 0 Å². The Hall–Kier alpha value is -3.09. The molecule has 1 aromatic heterocycles. The average molecular weight is 410 g/mol. The molecule has 158 valence electrons. The molecule has 0 aliphatic carbocycles. The maximum absolute atomic E-state index is 12.2. The lowest BCUT2D eigenvalue weighted by Crippen LogP contribution is -3.08. The van der Waals surface area contributed by atoms with Crippen molar-refractivity contribution in [2.45, 2.75) is 19.6 Å². The SMILES string of the molecule is COCCNC(=O)c1ccc(C[NH+](Cc2ccccc2)Cc2cccc(OC)c2)o1. The van der Waals surface area contributed by atoms with Crippen LogP contribution in [0.1, 0.15) is 27.4 Å². The summed E-state index contributed by atoms with van der Waals surface area (Å²) >= 11 is 0. The summed E-state index contributed by atoms with van der Waals surface area (Å²) < 4.78 is 16.1. The van der Waals surface area contributed by atoms with Crippen LogP contribution < -0.4 is 15.0 Å². The Morgan fingerprint density at radius 3 is 2.47 bits per heavy atom. The number of carbonyl (C=O) groups excluding carboxylic acids is 1. The number of furan rings is 1. The van der Waals surface area contributed by atoms with Gasteiger partial charge >= 0.3 is 0 Å². The molecule has 0 bridgehead atoms. The highest BCUT2D eigenvalue weighted by atomic mass is 16.5. The predicted octanol–water partition coefficient (Wildman–Crippen LogP) is 2.45. The Bertz CT molecular complexity index is 924. The third-order valence-electron chi connectivity index (χ3n) is 4.79. The van der Waals surface area contributed by atoms with E-state index in [9.17, 15) is 4.79 Å². The number of methoxy groups -OCH3 is 2. The quantitative estimate of drug-likeness (QED) is 0.478. The van der Waals surface area contributed by atoms with Gasteiger partial charge in [0.2, 0.25) is 0 Å². The number of hydrogen-bond acceptors (Lipinski definition) is 4. The molecule has 2 aromatic carbocycles. The molecule has 3 aromatic rings. The first-order valence-electron chi connectivity index (χ1n) is 10.0. The van der Waals surface area contributed by atoms with Gasteiger partial charge in [-0.05, 0) is 24.3 Å². The molecule has 6 nitrogen and oxygen atoms in total. The van der Waals surface area contributed by atoms with Gasteiger partial charge in [0.1, 0.15) is 25.4 Å². The summed E-state index contributed by atoms with van der Waals surface area (Å²) in [6, 6.07) is 22.1. The lowest BCUT2D eigenvalue weighted by Gasteiger charge is -2.19. The molecule has 30 heavy (non-hydrogen) atoms. The maximum atomic E-state index is 12.2. The van der Waals surface area contributed by atoms with Crippen LogP contribution in [0.3, 0.4) is 0 Å². The first-order valence-corrected chi connectivity index (χ1v) is 10.0. The highest BCUT2D eigenvalue weighted by Gasteiger charge is 2.17. The molecule has 1 unspecified atom stereocenters. The van der Waals surface area contributed by atoms with Crippen molar-refractivity contribution in [2.75, 3.05) is 27.4 Å². The molecule has 0 saturated carbocycles. The minimum absolute atomic E-state index is 0.226. The Morgan fingerprint density at radius 1 is 0.933 bits per heavy atom. The van der Waals surface area contributed by atoms with Crippen molar-refractivity contribution in [2.24, 2.45) is 0 Å². The highest BCUT2D eigenvalue weighted by Crippen LogP contribution is 2.12. The highest BCUT2D eigenvalue weighted by molar-refractivity contribution is 5.91. The number of quaternary nitrogens is 1. The van der Waals surface area contributed by atoms with Gasteiger partial charge in [0.05, 0.1) is 13.7 Å². The summed E-state index contributed by atoms with van der Waals surface area (Å²) in [5.74, 6) is 1.72. The number of benzene rings is 2. The van der Waals surface area contributed by atoms with Crippen LogP contribution in [0.25, 0.3) is 0 Å². The van der Waals surface area contributed by atoms with Crippen LogP contribution in [0.5, 0.6) is 5.75 Å². The molecule has 2 N–H and O–H groups in total. The molecule has 0 saturated heterocycles. The molecule has 1 amide bonds. The van der Waals surface area contributed by atoms with E-state index in [1.807, 2.05) is 36.4 Å². The van der Waals surface area contributed by atoms with E-state index in [2.05, 4.69) is 29.6 Å². The first-order chi connectivity index (χ1) is 14.7. The minimum Gasteiger partial charge on any atom is -0.497 e. The Balaban J connectivity index is 1.71. The van der Waals surface area contributed by atoms with Crippen LogP contribution in [0.15, 0.2) is 71.1 Å². The number of nitrogens with one attached hydrogen (secondary N) is 2. The smallest absolute Gasteiger partial charge is 0.287 e. The second-order valence-electron chi connectivity index (χ2n) is 7.13. The van der Waals surface area contributed by atoms with Gasteiger partial charge in [-0.1, -0.05) is 42.5 Å². The molecule has 0 fully saturated rings. The second kappa shape index (κ2) is 11.2. The zero-order valence-electron chi connectivity index (χ0n) is 17.5. The average Bonchev–Trinajstić information content (AvgIpc) is 3.23. The number of hydrogen-bond donors (Lipinski definition) is 2. The molecule has 0 spiro atoms. The van der Waals surface area contributed by atoms with E-state index in [4.69, 9.17) is 13.9 Å². The van der Waals surface area contributed by atoms with Crippen molar-refractivity contribution in [3.63, 3.8) is 0 Å². The summed E-state index contributed by atoms with van der Waals surface area (Å²) in [7, 11) is 3.28. The van der Waals surface area contributed by atoms with Gasteiger partial charge < -0.3 is 24.1 Å². The summed E-state index contributed by atoms with van der Waals surface area (Å²) in [4.78, 5) is 13.5. The normalized spacial score (nSPS) is 11.8. The van der Waals surface area contributed by atoms with Crippen LogP contribution in [0.2, 0.25) is 0 Å². The van der Waals surface area contributed by atoms with Gasteiger partial charge in [-0.3, -0.25) is 4.79 Å². The second-order valence-corrected chi connectivity index (χ2v) is 7.13.